The quantitative estimate of drug-likeness (QED) is 0.864. The monoisotopic (exact) mass is 369 g/mol. The van der Waals surface area contributed by atoms with Crippen molar-refractivity contribution in [2.75, 3.05) is 18.0 Å². The molecule has 22 heavy (non-hydrogen) atoms. The fourth-order valence-electron chi connectivity index (χ4n) is 2.63. The average Bonchev–Trinajstić information content (AvgIpc) is 2.36. The van der Waals surface area contributed by atoms with Crippen molar-refractivity contribution in [1.82, 2.24) is 10.3 Å². The van der Waals surface area contributed by atoms with Crippen molar-refractivity contribution >= 4 is 27.8 Å². The van der Waals surface area contributed by atoms with Gasteiger partial charge in [-0.1, -0.05) is 0 Å². The summed E-state index contributed by atoms with van der Waals surface area (Å²) in [6.07, 6.45) is 3.45. The van der Waals surface area contributed by atoms with Gasteiger partial charge < -0.3 is 15.0 Å². The summed E-state index contributed by atoms with van der Waals surface area (Å²) in [5.74, 6) is 0.985. The summed E-state index contributed by atoms with van der Waals surface area (Å²) in [5.41, 5.74) is 0.662. The molecule has 0 aromatic carbocycles. The Bertz CT molecular complexity index is 543. The number of alkyl carbamates (subject to hydrolysis) is 1. The van der Waals surface area contributed by atoms with Gasteiger partial charge in [0, 0.05) is 29.8 Å². The fraction of sp³-hybridized carbons (Fsp3) is 0.625. The number of pyridine rings is 1. The number of nitrogens with zero attached hydrogens (tertiary/aromatic N) is 2. The first-order valence-corrected chi connectivity index (χ1v) is 8.40. The van der Waals surface area contributed by atoms with Gasteiger partial charge in [0.1, 0.15) is 11.4 Å². The van der Waals surface area contributed by atoms with Crippen LogP contribution in [-0.4, -0.2) is 35.8 Å². The van der Waals surface area contributed by atoms with Crippen LogP contribution in [0.5, 0.6) is 0 Å². The molecule has 0 radical (unpaired) electrons. The van der Waals surface area contributed by atoms with E-state index in [1.807, 2.05) is 27.0 Å². The number of hydrogen-bond donors (Lipinski definition) is 1. The van der Waals surface area contributed by atoms with Crippen LogP contribution in [0.1, 0.15) is 39.2 Å². The molecular weight excluding hydrogens is 346 g/mol. The van der Waals surface area contributed by atoms with Crippen LogP contribution >= 0.6 is 15.9 Å². The smallest absolute Gasteiger partial charge is 0.407 e. The molecule has 1 amide bonds. The molecule has 6 heteroatoms. The highest BCUT2D eigenvalue weighted by atomic mass is 79.9. The lowest BCUT2D eigenvalue weighted by Gasteiger charge is -2.35. The number of carbonyl (C=O) groups excluding carboxylic acids is 1. The Kier molecular flexibility index (Phi) is 5.32. The van der Waals surface area contributed by atoms with Crippen LogP contribution < -0.4 is 10.2 Å². The van der Waals surface area contributed by atoms with E-state index < -0.39 is 5.60 Å². The summed E-state index contributed by atoms with van der Waals surface area (Å²) in [7, 11) is 0. The minimum absolute atomic E-state index is 0.0912. The second-order valence-electron chi connectivity index (χ2n) is 6.73. The SMILES string of the molecule is Cc1cc(Br)cnc1N1CCCC(NC(=O)OC(C)(C)C)C1. The Morgan fingerprint density at radius 1 is 1.50 bits per heavy atom. The van der Waals surface area contributed by atoms with Crippen molar-refractivity contribution in [1.29, 1.82) is 0 Å². The highest BCUT2D eigenvalue weighted by molar-refractivity contribution is 9.10. The second-order valence-corrected chi connectivity index (χ2v) is 7.64. The Morgan fingerprint density at radius 2 is 2.23 bits per heavy atom. The number of carbonyl (C=O) groups is 1. The van der Waals surface area contributed by atoms with Crippen LogP contribution in [0.15, 0.2) is 16.7 Å². The number of anilines is 1. The molecule has 122 valence electrons. The van der Waals surface area contributed by atoms with E-state index in [-0.39, 0.29) is 12.1 Å². The summed E-state index contributed by atoms with van der Waals surface area (Å²) in [4.78, 5) is 18.6. The summed E-state index contributed by atoms with van der Waals surface area (Å²) >= 11 is 3.44. The Hall–Kier alpha value is -1.30. The third-order valence-electron chi connectivity index (χ3n) is 3.46. The van der Waals surface area contributed by atoms with Gasteiger partial charge in [-0.25, -0.2) is 9.78 Å². The molecule has 1 aliphatic rings. The lowest BCUT2D eigenvalue weighted by molar-refractivity contribution is 0.0500. The van der Waals surface area contributed by atoms with E-state index in [1.165, 1.54) is 0 Å². The third kappa shape index (κ3) is 4.87. The van der Waals surface area contributed by atoms with E-state index in [0.29, 0.717) is 0 Å². The highest BCUT2D eigenvalue weighted by Crippen LogP contribution is 2.24. The first-order chi connectivity index (χ1) is 10.2. The van der Waals surface area contributed by atoms with E-state index in [0.717, 1.165) is 41.8 Å². The summed E-state index contributed by atoms with van der Waals surface area (Å²) in [5, 5.41) is 2.97. The summed E-state index contributed by atoms with van der Waals surface area (Å²) < 4.78 is 6.31. The highest BCUT2D eigenvalue weighted by Gasteiger charge is 2.25. The van der Waals surface area contributed by atoms with E-state index in [9.17, 15) is 4.79 Å². The summed E-state index contributed by atoms with van der Waals surface area (Å²) in [6, 6.07) is 2.15. The number of rotatable bonds is 2. The lowest BCUT2D eigenvalue weighted by Crippen LogP contribution is -2.49. The number of ether oxygens (including phenoxy) is 1. The number of aromatic nitrogens is 1. The molecule has 0 spiro atoms. The molecule has 0 bridgehead atoms. The molecule has 0 aliphatic carbocycles. The molecule has 1 aromatic heterocycles. The summed E-state index contributed by atoms with van der Waals surface area (Å²) in [6.45, 7) is 9.38. The van der Waals surface area contributed by atoms with Crippen molar-refractivity contribution in [2.45, 2.75) is 52.2 Å². The maximum absolute atomic E-state index is 11.9. The molecule has 1 unspecified atom stereocenters. The number of amides is 1. The van der Waals surface area contributed by atoms with Gasteiger partial charge in [0.2, 0.25) is 0 Å². The second kappa shape index (κ2) is 6.86. The zero-order valence-electron chi connectivity index (χ0n) is 13.6. The zero-order valence-corrected chi connectivity index (χ0v) is 15.2. The first-order valence-electron chi connectivity index (χ1n) is 7.61. The molecule has 1 fully saturated rings. The van der Waals surface area contributed by atoms with E-state index in [4.69, 9.17) is 4.74 Å². The number of aryl methyl sites for hydroxylation is 1. The average molecular weight is 370 g/mol. The van der Waals surface area contributed by atoms with Gasteiger partial charge in [-0.2, -0.15) is 0 Å². The van der Waals surface area contributed by atoms with Crippen LogP contribution in [0.2, 0.25) is 0 Å². The van der Waals surface area contributed by atoms with E-state index in [2.05, 4.69) is 44.1 Å². The van der Waals surface area contributed by atoms with Crippen LogP contribution in [0, 0.1) is 6.92 Å². The molecule has 1 N–H and O–H groups in total. The van der Waals surface area contributed by atoms with Gasteiger partial charge in [-0.05, 0) is 68.1 Å². The van der Waals surface area contributed by atoms with Gasteiger partial charge in [0.25, 0.3) is 0 Å². The van der Waals surface area contributed by atoms with Gasteiger partial charge in [0.15, 0.2) is 0 Å². The van der Waals surface area contributed by atoms with Crippen molar-refractivity contribution in [3.63, 3.8) is 0 Å². The largest absolute Gasteiger partial charge is 0.444 e. The number of halogens is 1. The maximum Gasteiger partial charge on any atom is 0.407 e. The van der Waals surface area contributed by atoms with E-state index in [1.54, 1.807) is 0 Å². The van der Waals surface area contributed by atoms with Gasteiger partial charge in [-0.3, -0.25) is 0 Å². The van der Waals surface area contributed by atoms with Crippen molar-refractivity contribution in [2.24, 2.45) is 0 Å². The fourth-order valence-corrected chi connectivity index (χ4v) is 3.07. The maximum atomic E-state index is 11.9. The standard InChI is InChI=1S/C16H24BrN3O2/c1-11-8-12(17)9-18-14(11)20-7-5-6-13(10-20)19-15(21)22-16(2,3)4/h8-9,13H,5-7,10H2,1-4H3,(H,19,21). The Labute approximate surface area is 140 Å². The van der Waals surface area contributed by atoms with Crippen molar-refractivity contribution in [3.05, 3.63) is 22.3 Å². The molecule has 2 heterocycles. The van der Waals surface area contributed by atoms with Gasteiger partial charge in [-0.15, -0.1) is 0 Å². The first kappa shape index (κ1) is 17.1. The number of hydrogen-bond acceptors (Lipinski definition) is 4. The molecule has 1 saturated heterocycles. The van der Waals surface area contributed by atoms with E-state index >= 15 is 0 Å². The van der Waals surface area contributed by atoms with Crippen LogP contribution in [0.25, 0.3) is 0 Å². The topological polar surface area (TPSA) is 54.5 Å². The minimum Gasteiger partial charge on any atom is -0.444 e. The molecule has 2 rings (SSSR count). The van der Waals surface area contributed by atoms with Gasteiger partial charge >= 0.3 is 6.09 Å². The van der Waals surface area contributed by atoms with Gasteiger partial charge in [0.05, 0.1) is 0 Å². The Morgan fingerprint density at radius 3 is 2.86 bits per heavy atom. The molecule has 1 aliphatic heterocycles. The minimum atomic E-state index is -0.470. The molecular formula is C16H24BrN3O2. The van der Waals surface area contributed by atoms with Crippen molar-refractivity contribution in [3.8, 4) is 0 Å². The number of piperidine rings is 1. The molecule has 1 aromatic rings. The lowest BCUT2D eigenvalue weighted by atomic mass is 10.1. The normalized spacial score (nSPS) is 19.0. The van der Waals surface area contributed by atoms with Crippen molar-refractivity contribution < 1.29 is 9.53 Å². The zero-order chi connectivity index (χ0) is 16.3. The predicted octanol–water partition coefficient (Wildman–Crippen LogP) is 3.65. The third-order valence-corrected chi connectivity index (χ3v) is 3.89. The molecule has 5 nitrogen and oxygen atoms in total. The molecule has 0 saturated carbocycles. The van der Waals surface area contributed by atoms with Crippen LogP contribution in [-0.2, 0) is 4.74 Å². The molecule has 1 atom stereocenters. The van der Waals surface area contributed by atoms with Crippen LogP contribution in [0.4, 0.5) is 10.6 Å². The predicted molar refractivity (Wildman–Crippen MR) is 91.3 cm³/mol. The Balaban J connectivity index is 1.98. The van der Waals surface area contributed by atoms with Crippen LogP contribution in [0.3, 0.4) is 0 Å². The number of nitrogens with one attached hydrogen (secondary N) is 1.